The molecule has 3 aromatic carbocycles. The number of anilines is 2. The molecule has 4 rings (SSSR count). The first-order chi connectivity index (χ1) is 14.6. The van der Waals surface area contributed by atoms with E-state index < -0.39 is 6.03 Å². The zero-order valence-electron chi connectivity index (χ0n) is 16.3. The molecular formula is C24H19N3O2S. The first kappa shape index (κ1) is 19.5. The summed E-state index contributed by atoms with van der Waals surface area (Å²) in [7, 11) is 0. The lowest BCUT2D eigenvalue weighted by atomic mass is 10.1. The Morgan fingerprint density at radius 1 is 0.800 bits per heavy atom. The summed E-state index contributed by atoms with van der Waals surface area (Å²) in [5.41, 5.74) is 3.72. The van der Waals surface area contributed by atoms with Gasteiger partial charge in [-0.25, -0.2) is 9.78 Å². The number of nitrogens with one attached hydrogen (secondary N) is 2. The molecule has 0 aliphatic heterocycles. The lowest BCUT2D eigenvalue weighted by Crippen LogP contribution is -2.19. The summed E-state index contributed by atoms with van der Waals surface area (Å²) in [6.07, 6.45) is 0. The summed E-state index contributed by atoms with van der Waals surface area (Å²) >= 11 is 1.17. The zero-order valence-corrected chi connectivity index (χ0v) is 17.1. The number of hydrogen-bond donors (Lipinski definition) is 2. The highest BCUT2D eigenvalue weighted by Gasteiger charge is 2.20. The second-order valence-electron chi connectivity index (χ2n) is 6.70. The van der Waals surface area contributed by atoms with Gasteiger partial charge in [0, 0.05) is 16.8 Å². The minimum Gasteiger partial charge on any atom is -0.308 e. The molecule has 0 atom stereocenters. The second-order valence-corrected chi connectivity index (χ2v) is 7.70. The van der Waals surface area contributed by atoms with Gasteiger partial charge in [0.1, 0.15) is 10.7 Å². The van der Waals surface area contributed by atoms with Crippen LogP contribution in [0.25, 0.3) is 11.3 Å². The molecule has 0 radical (unpaired) electrons. The summed E-state index contributed by atoms with van der Waals surface area (Å²) in [4.78, 5) is 30.0. The number of nitrogens with zero attached hydrogens (tertiary/aromatic N) is 1. The van der Waals surface area contributed by atoms with Gasteiger partial charge in [-0.15, -0.1) is 0 Å². The number of para-hydroxylation sites is 1. The largest absolute Gasteiger partial charge is 0.324 e. The highest BCUT2D eigenvalue weighted by Crippen LogP contribution is 2.34. The molecule has 0 aliphatic carbocycles. The van der Waals surface area contributed by atoms with Crippen molar-refractivity contribution in [1.29, 1.82) is 0 Å². The lowest BCUT2D eigenvalue weighted by molar-refractivity contribution is 0.103. The fourth-order valence-corrected chi connectivity index (χ4v) is 3.85. The minimum atomic E-state index is -0.392. The van der Waals surface area contributed by atoms with Crippen LogP contribution in [0.2, 0.25) is 0 Å². The van der Waals surface area contributed by atoms with E-state index in [2.05, 4.69) is 15.6 Å². The van der Waals surface area contributed by atoms with Crippen molar-refractivity contribution in [2.45, 2.75) is 6.92 Å². The van der Waals surface area contributed by atoms with Crippen LogP contribution in [0.15, 0.2) is 84.9 Å². The third-order valence-corrected chi connectivity index (χ3v) is 5.41. The lowest BCUT2D eigenvalue weighted by Gasteiger charge is -2.07. The molecule has 0 fully saturated rings. The monoisotopic (exact) mass is 413 g/mol. The Bertz CT molecular complexity index is 1170. The van der Waals surface area contributed by atoms with E-state index >= 15 is 0 Å². The van der Waals surface area contributed by atoms with E-state index in [0.717, 1.165) is 11.1 Å². The summed E-state index contributed by atoms with van der Waals surface area (Å²) in [6, 6.07) is 25.6. The molecule has 0 spiro atoms. The first-order valence-electron chi connectivity index (χ1n) is 9.41. The minimum absolute atomic E-state index is 0.173. The van der Waals surface area contributed by atoms with Gasteiger partial charge in [-0.3, -0.25) is 10.1 Å². The van der Waals surface area contributed by atoms with Gasteiger partial charge in [0.15, 0.2) is 5.01 Å². The number of ketones is 1. The SMILES string of the molecule is Cc1ccc(C(=O)c2nc(-c3ccccc3)c(NC(=O)Nc3ccccc3)s2)cc1. The van der Waals surface area contributed by atoms with Gasteiger partial charge >= 0.3 is 6.03 Å². The summed E-state index contributed by atoms with van der Waals surface area (Å²) in [5, 5.41) is 6.48. The van der Waals surface area contributed by atoms with Crippen molar-refractivity contribution in [3.8, 4) is 11.3 Å². The van der Waals surface area contributed by atoms with Gasteiger partial charge in [0.2, 0.25) is 5.78 Å². The van der Waals surface area contributed by atoms with Crippen molar-refractivity contribution in [2.75, 3.05) is 10.6 Å². The van der Waals surface area contributed by atoms with Crippen LogP contribution < -0.4 is 10.6 Å². The standard InChI is InChI=1S/C24H19N3O2S/c1-16-12-14-18(15-13-16)21(28)23-26-20(17-8-4-2-5-9-17)22(30-23)27-24(29)25-19-10-6-3-7-11-19/h2-15H,1H3,(H2,25,27,29). The molecule has 5 nitrogen and oxygen atoms in total. The molecule has 4 aromatic rings. The van der Waals surface area contributed by atoms with Crippen LogP contribution in [0.1, 0.15) is 20.9 Å². The zero-order chi connectivity index (χ0) is 20.9. The molecule has 1 heterocycles. The van der Waals surface area contributed by atoms with Crippen molar-refractivity contribution >= 4 is 33.8 Å². The number of aromatic nitrogens is 1. The van der Waals surface area contributed by atoms with Crippen LogP contribution in [-0.4, -0.2) is 16.8 Å². The van der Waals surface area contributed by atoms with Crippen molar-refractivity contribution in [2.24, 2.45) is 0 Å². The van der Waals surface area contributed by atoms with Gasteiger partial charge in [-0.2, -0.15) is 0 Å². The summed E-state index contributed by atoms with van der Waals surface area (Å²) < 4.78 is 0. The van der Waals surface area contributed by atoms with Gasteiger partial charge in [0.05, 0.1) is 0 Å². The molecule has 1 aromatic heterocycles. The normalized spacial score (nSPS) is 10.4. The molecule has 0 bridgehead atoms. The maximum atomic E-state index is 13.0. The van der Waals surface area contributed by atoms with E-state index in [0.29, 0.717) is 27.0 Å². The quantitative estimate of drug-likeness (QED) is 0.395. The average Bonchev–Trinajstić information content (AvgIpc) is 3.18. The number of thiazole rings is 1. The number of amides is 2. The smallest absolute Gasteiger partial charge is 0.308 e. The van der Waals surface area contributed by atoms with Crippen LogP contribution >= 0.6 is 11.3 Å². The van der Waals surface area contributed by atoms with Gasteiger partial charge in [-0.05, 0) is 19.1 Å². The highest BCUT2D eigenvalue weighted by atomic mass is 32.1. The van der Waals surface area contributed by atoms with Crippen molar-refractivity contribution in [3.63, 3.8) is 0 Å². The van der Waals surface area contributed by atoms with Crippen LogP contribution in [0, 0.1) is 6.92 Å². The Kier molecular flexibility index (Phi) is 5.68. The van der Waals surface area contributed by atoms with Crippen LogP contribution in [0.4, 0.5) is 15.5 Å². The van der Waals surface area contributed by atoms with E-state index in [1.54, 1.807) is 24.3 Å². The van der Waals surface area contributed by atoms with E-state index in [4.69, 9.17) is 0 Å². The number of rotatable bonds is 5. The molecule has 2 amide bonds. The topological polar surface area (TPSA) is 71.1 Å². The summed E-state index contributed by atoms with van der Waals surface area (Å²) in [6.45, 7) is 1.97. The van der Waals surface area contributed by atoms with Crippen LogP contribution in [0.5, 0.6) is 0 Å². The molecular weight excluding hydrogens is 394 g/mol. The Morgan fingerprint density at radius 3 is 2.10 bits per heavy atom. The fourth-order valence-electron chi connectivity index (χ4n) is 2.91. The number of hydrogen-bond acceptors (Lipinski definition) is 4. The molecule has 6 heteroatoms. The molecule has 148 valence electrons. The van der Waals surface area contributed by atoms with Gasteiger partial charge < -0.3 is 5.32 Å². The van der Waals surface area contributed by atoms with E-state index in [1.165, 1.54) is 11.3 Å². The maximum Gasteiger partial charge on any atom is 0.324 e. The predicted molar refractivity (Wildman–Crippen MR) is 121 cm³/mol. The Balaban J connectivity index is 1.65. The number of benzene rings is 3. The van der Waals surface area contributed by atoms with E-state index in [-0.39, 0.29) is 5.78 Å². The number of aryl methyl sites for hydroxylation is 1. The number of carbonyl (C=O) groups is 2. The van der Waals surface area contributed by atoms with Crippen molar-refractivity contribution in [1.82, 2.24) is 4.98 Å². The number of carbonyl (C=O) groups excluding carboxylic acids is 2. The fraction of sp³-hybridized carbons (Fsp3) is 0.0417. The van der Waals surface area contributed by atoms with Crippen LogP contribution in [0.3, 0.4) is 0 Å². The second kappa shape index (κ2) is 8.71. The molecule has 2 N–H and O–H groups in total. The molecule has 0 saturated carbocycles. The average molecular weight is 414 g/mol. The molecule has 0 aliphatic rings. The van der Waals surface area contributed by atoms with E-state index in [1.807, 2.05) is 67.6 Å². The third-order valence-electron chi connectivity index (χ3n) is 4.44. The van der Waals surface area contributed by atoms with Crippen molar-refractivity contribution < 1.29 is 9.59 Å². The number of urea groups is 1. The van der Waals surface area contributed by atoms with E-state index in [9.17, 15) is 9.59 Å². The first-order valence-corrected chi connectivity index (χ1v) is 10.2. The molecule has 0 saturated heterocycles. The summed E-state index contributed by atoms with van der Waals surface area (Å²) in [5.74, 6) is -0.173. The Hall–Kier alpha value is -3.77. The molecule has 30 heavy (non-hydrogen) atoms. The third kappa shape index (κ3) is 4.45. The predicted octanol–water partition coefficient (Wildman–Crippen LogP) is 5.99. The van der Waals surface area contributed by atoms with Gasteiger partial charge in [-0.1, -0.05) is 89.7 Å². The highest BCUT2D eigenvalue weighted by molar-refractivity contribution is 7.18. The van der Waals surface area contributed by atoms with Crippen LogP contribution in [-0.2, 0) is 0 Å². The Labute approximate surface area is 178 Å². The molecule has 0 unspecified atom stereocenters. The van der Waals surface area contributed by atoms with Crippen molar-refractivity contribution in [3.05, 3.63) is 101 Å². The maximum absolute atomic E-state index is 13.0. The van der Waals surface area contributed by atoms with Gasteiger partial charge in [0.25, 0.3) is 0 Å². The Morgan fingerprint density at radius 2 is 1.43 bits per heavy atom.